The smallest absolute Gasteiger partial charge is 0.324 e. The Bertz CT molecular complexity index is 2440. The molecular formula is C43H39Cl2F6N7O7. The van der Waals surface area contributed by atoms with Gasteiger partial charge in [0.2, 0.25) is 5.89 Å². The molecule has 14 nitrogen and oxygen atoms in total. The molecule has 1 aromatic heterocycles. The molecule has 0 radical (unpaired) electrons. The summed E-state index contributed by atoms with van der Waals surface area (Å²) in [5.41, 5.74) is 2.91. The lowest BCUT2D eigenvalue weighted by Gasteiger charge is -2.33. The molecule has 22 heteroatoms. The highest BCUT2D eigenvalue weighted by atomic mass is 35.5. The van der Waals surface area contributed by atoms with Gasteiger partial charge in [-0.15, -0.1) is 10.2 Å². The van der Waals surface area contributed by atoms with Gasteiger partial charge in [-0.05, 0) is 59.7 Å². The maximum absolute atomic E-state index is 13.7. The summed E-state index contributed by atoms with van der Waals surface area (Å²) in [6.07, 6.45) is -6.05. The van der Waals surface area contributed by atoms with E-state index in [1.165, 1.54) is 58.3 Å². The van der Waals surface area contributed by atoms with Crippen molar-refractivity contribution in [3.05, 3.63) is 129 Å². The monoisotopic (exact) mass is 949 g/mol. The van der Waals surface area contributed by atoms with Crippen molar-refractivity contribution >= 4 is 58.3 Å². The van der Waals surface area contributed by atoms with Crippen LogP contribution in [0.4, 0.5) is 47.3 Å². The minimum atomic E-state index is -3.20. The van der Waals surface area contributed by atoms with Crippen LogP contribution in [0.1, 0.15) is 33.8 Å². The van der Waals surface area contributed by atoms with Gasteiger partial charge >= 0.3 is 24.9 Å². The maximum Gasteiger partial charge on any atom is 0.324 e. The fraction of sp³-hybridized carbons (Fsp3) is 0.302. The van der Waals surface area contributed by atoms with E-state index in [2.05, 4.69) is 10.2 Å². The Morgan fingerprint density at radius 3 is 1.54 bits per heavy atom. The van der Waals surface area contributed by atoms with Gasteiger partial charge in [-0.3, -0.25) is 19.4 Å². The van der Waals surface area contributed by atoms with Crippen LogP contribution in [0.25, 0.3) is 11.5 Å². The van der Waals surface area contributed by atoms with E-state index in [0.29, 0.717) is 75.1 Å². The van der Waals surface area contributed by atoms with Crippen LogP contribution in [-0.2, 0) is 27.4 Å². The molecule has 2 aliphatic heterocycles. The van der Waals surface area contributed by atoms with Gasteiger partial charge in [-0.25, -0.2) is 18.4 Å². The lowest BCUT2D eigenvalue weighted by molar-refractivity contribution is -0.131. The lowest BCUT2D eigenvalue weighted by atomic mass is 10.1. The van der Waals surface area contributed by atoms with E-state index < -0.39 is 48.6 Å². The van der Waals surface area contributed by atoms with Crippen LogP contribution >= 0.6 is 23.2 Å². The Labute approximate surface area is 377 Å². The Balaban J connectivity index is 0.000000215. The van der Waals surface area contributed by atoms with Gasteiger partial charge in [0.15, 0.2) is 5.78 Å². The Hall–Kier alpha value is -6.22. The van der Waals surface area contributed by atoms with Gasteiger partial charge in [0.05, 0.1) is 56.1 Å². The minimum absolute atomic E-state index is 0.0292. The van der Waals surface area contributed by atoms with Crippen LogP contribution in [0.2, 0.25) is 10.0 Å². The molecule has 344 valence electrons. The molecule has 2 saturated heterocycles. The van der Waals surface area contributed by atoms with Gasteiger partial charge in [0.25, 0.3) is 11.8 Å². The third-order valence-corrected chi connectivity index (χ3v) is 10.4. The standard InChI is InChI=1S/C22H21ClF3N3O4.C21H18ClF3N4O3/c23-17-11-16(5-6-18(17)24)29(22(32)28-7-9-33-10-8-28)13-14-1-3-15(4-2-14)19(30)12-27-21(31)20(25)26;22-16-11-15(5-6-17(16)23)29(21(30)28-7-9-31-10-8-28)12-13-1-3-14(4-2-13)19-26-27-20(32-19)18(24)25/h1-6,11,20H,7-10,12-13H2,(H,27,31);1-6,11,18H,7-10,12H2. The number of aromatic nitrogens is 2. The molecule has 0 unspecified atom stereocenters. The molecule has 2 aliphatic rings. The summed E-state index contributed by atoms with van der Waals surface area (Å²) in [7, 11) is 0. The molecule has 0 bridgehead atoms. The summed E-state index contributed by atoms with van der Waals surface area (Å²) >= 11 is 11.9. The fourth-order valence-electron chi connectivity index (χ4n) is 6.40. The van der Waals surface area contributed by atoms with E-state index in [4.69, 9.17) is 37.1 Å². The number of Topliss-reactive ketones (excluding diaryl/α,β-unsaturated/α-hetero) is 1. The largest absolute Gasteiger partial charge is 0.415 e. The normalized spacial score (nSPS) is 13.9. The zero-order valence-electron chi connectivity index (χ0n) is 34.1. The van der Waals surface area contributed by atoms with Gasteiger partial charge in [-0.1, -0.05) is 59.6 Å². The number of ether oxygens (including phenoxy) is 2. The quantitative estimate of drug-likeness (QED) is 0.0961. The number of carbonyl (C=O) groups excluding carboxylic acids is 4. The number of nitrogens with one attached hydrogen (secondary N) is 1. The first kappa shape index (κ1) is 48.2. The molecule has 7 rings (SSSR count). The number of halogens is 8. The van der Waals surface area contributed by atoms with Gasteiger partial charge < -0.3 is 29.0 Å². The topological polar surface area (TPSA) is 151 Å². The van der Waals surface area contributed by atoms with Gasteiger partial charge in [0, 0.05) is 48.7 Å². The highest BCUT2D eigenvalue weighted by Crippen LogP contribution is 2.29. The van der Waals surface area contributed by atoms with Crippen molar-refractivity contribution in [1.82, 2.24) is 25.3 Å². The van der Waals surface area contributed by atoms with E-state index in [1.807, 2.05) is 5.32 Å². The Kier molecular flexibility index (Phi) is 16.8. The van der Waals surface area contributed by atoms with Crippen LogP contribution in [0, 0.1) is 11.6 Å². The van der Waals surface area contributed by atoms with E-state index in [9.17, 15) is 45.5 Å². The Morgan fingerprint density at radius 2 is 1.12 bits per heavy atom. The molecular weight excluding hydrogens is 911 g/mol. The molecule has 5 aromatic rings. The summed E-state index contributed by atoms with van der Waals surface area (Å²) < 4.78 is 92.7. The van der Waals surface area contributed by atoms with Crippen LogP contribution in [0.5, 0.6) is 0 Å². The highest BCUT2D eigenvalue weighted by molar-refractivity contribution is 6.31. The summed E-state index contributed by atoms with van der Waals surface area (Å²) in [4.78, 5) is 55.6. The number of hydrogen-bond donors (Lipinski definition) is 1. The predicted octanol–water partition coefficient (Wildman–Crippen LogP) is 8.43. The molecule has 0 saturated carbocycles. The number of rotatable bonds is 12. The summed E-state index contributed by atoms with van der Waals surface area (Å²) in [6.45, 7) is 3.08. The molecule has 0 atom stereocenters. The second kappa shape index (κ2) is 22.6. The number of nitrogens with zero attached hydrogens (tertiary/aromatic N) is 6. The second-order valence-electron chi connectivity index (χ2n) is 14.2. The predicted molar refractivity (Wildman–Crippen MR) is 225 cm³/mol. The molecule has 1 N–H and O–H groups in total. The molecule has 3 heterocycles. The van der Waals surface area contributed by atoms with Crippen molar-refractivity contribution in [1.29, 1.82) is 0 Å². The van der Waals surface area contributed by atoms with Crippen LogP contribution in [-0.4, -0.2) is 109 Å². The van der Waals surface area contributed by atoms with Crippen molar-refractivity contribution in [2.24, 2.45) is 0 Å². The van der Waals surface area contributed by atoms with Crippen molar-refractivity contribution < 1.29 is 59.4 Å². The maximum atomic E-state index is 13.7. The number of anilines is 2. The third kappa shape index (κ3) is 13.0. The average molecular weight is 951 g/mol. The number of urea groups is 2. The number of ketones is 1. The first-order valence-electron chi connectivity index (χ1n) is 19.8. The summed E-state index contributed by atoms with van der Waals surface area (Å²) in [6, 6.07) is 20.3. The molecule has 5 amide bonds. The van der Waals surface area contributed by atoms with Crippen LogP contribution in [0.3, 0.4) is 0 Å². The second-order valence-corrected chi connectivity index (χ2v) is 15.0. The number of morpholine rings is 2. The first-order chi connectivity index (χ1) is 31.2. The number of carbonyl (C=O) groups is 4. The molecule has 2 fully saturated rings. The zero-order valence-corrected chi connectivity index (χ0v) is 35.6. The SMILES string of the molecule is O=C(CNC(=O)C(F)F)c1ccc(CN(C(=O)N2CCOCC2)c2ccc(F)c(Cl)c2)cc1.O=C(N1CCOCC1)N(Cc1ccc(-c2nnc(C(F)F)o2)cc1)c1ccc(F)c(Cl)c1. The summed E-state index contributed by atoms with van der Waals surface area (Å²) in [5.74, 6) is -4.03. The summed E-state index contributed by atoms with van der Waals surface area (Å²) in [5, 5.41) is 8.58. The van der Waals surface area contributed by atoms with Crippen molar-refractivity contribution in [3.63, 3.8) is 0 Å². The number of benzene rings is 4. The highest BCUT2D eigenvalue weighted by Gasteiger charge is 2.27. The zero-order chi connectivity index (χ0) is 46.6. The lowest BCUT2D eigenvalue weighted by Crippen LogP contribution is -2.48. The number of amides is 5. The molecule has 0 spiro atoms. The van der Waals surface area contributed by atoms with E-state index >= 15 is 0 Å². The van der Waals surface area contributed by atoms with E-state index in [-0.39, 0.29) is 46.7 Å². The number of alkyl halides is 4. The molecule has 4 aromatic carbocycles. The Morgan fingerprint density at radius 1 is 0.662 bits per heavy atom. The van der Waals surface area contributed by atoms with E-state index in [1.54, 1.807) is 46.2 Å². The van der Waals surface area contributed by atoms with Crippen LogP contribution < -0.4 is 15.1 Å². The van der Waals surface area contributed by atoms with Crippen LogP contribution in [0.15, 0.2) is 89.3 Å². The third-order valence-electron chi connectivity index (χ3n) is 9.86. The fourth-order valence-corrected chi connectivity index (χ4v) is 6.74. The molecule has 65 heavy (non-hydrogen) atoms. The number of hydrogen-bond acceptors (Lipinski definition) is 9. The van der Waals surface area contributed by atoms with Crippen molar-refractivity contribution in [3.8, 4) is 11.5 Å². The van der Waals surface area contributed by atoms with E-state index in [0.717, 1.165) is 5.56 Å². The first-order valence-corrected chi connectivity index (χ1v) is 20.5. The van der Waals surface area contributed by atoms with Gasteiger partial charge in [0.1, 0.15) is 11.6 Å². The van der Waals surface area contributed by atoms with Crippen molar-refractivity contribution in [2.45, 2.75) is 25.9 Å². The average Bonchev–Trinajstić information content (AvgIpc) is 3.83. The van der Waals surface area contributed by atoms with Crippen molar-refractivity contribution in [2.75, 3.05) is 69.0 Å². The van der Waals surface area contributed by atoms with Gasteiger partial charge in [-0.2, -0.15) is 17.6 Å². The minimum Gasteiger partial charge on any atom is -0.415 e. The molecule has 0 aliphatic carbocycles.